The van der Waals surface area contributed by atoms with Crippen LogP contribution < -0.4 is 10.5 Å². The lowest BCUT2D eigenvalue weighted by atomic mass is 10.3. The van der Waals surface area contributed by atoms with Crippen molar-refractivity contribution in [3.63, 3.8) is 0 Å². The van der Waals surface area contributed by atoms with E-state index < -0.39 is 5.76 Å². The molecule has 5 nitrogen and oxygen atoms in total. The normalized spacial score (nSPS) is 10.6. The van der Waals surface area contributed by atoms with Crippen molar-refractivity contribution in [1.29, 1.82) is 0 Å². The van der Waals surface area contributed by atoms with Gasteiger partial charge in [0.2, 0.25) is 5.89 Å². The van der Waals surface area contributed by atoms with E-state index in [-0.39, 0.29) is 0 Å². The minimum absolute atomic E-state index is 0.404. The Morgan fingerprint density at radius 3 is 2.89 bits per heavy atom. The number of nitrogens with zero attached hydrogens (tertiary/aromatic N) is 1. The molecule has 102 valence electrons. The average Bonchev–Trinajstić information content (AvgIpc) is 2.79. The molecule has 0 unspecified atom stereocenters. The molecule has 1 aromatic carbocycles. The summed E-state index contributed by atoms with van der Waals surface area (Å²) in [4.78, 5) is 10.7. The summed E-state index contributed by atoms with van der Waals surface area (Å²) in [6, 6.07) is 5.72. The molecule has 0 aliphatic heterocycles. The van der Waals surface area contributed by atoms with Crippen LogP contribution in [0.2, 0.25) is 0 Å². The van der Waals surface area contributed by atoms with Gasteiger partial charge >= 0.3 is 5.76 Å². The standard InChI is InChI=1S/C11H10Br2N2O3S/c12-8-2-1-7(5-9(8)13)17-3-4-19-6-10-14-15-11(16)18-10/h1-2,5H,3-4,6H2,(H,15,16). The first kappa shape index (κ1) is 14.7. The minimum Gasteiger partial charge on any atom is -0.493 e. The largest absolute Gasteiger partial charge is 0.493 e. The number of rotatable bonds is 6. The van der Waals surface area contributed by atoms with Crippen LogP contribution >= 0.6 is 43.6 Å². The first-order valence-electron chi connectivity index (χ1n) is 5.35. The lowest BCUT2D eigenvalue weighted by molar-refractivity contribution is 0.343. The Balaban J connectivity index is 1.69. The Bertz CT molecular complexity index is 600. The first-order valence-corrected chi connectivity index (χ1v) is 8.09. The molecule has 0 saturated heterocycles. The van der Waals surface area contributed by atoms with Gasteiger partial charge in [0.25, 0.3) is 0 Å². The van der Waals surface area contributed by atoms with Gasteiger partial charge in [-0.15, -0.1) is 16.9 Å². The van der Waals surface area contributed by atoms with E-state index in [1.165, 1.54) is 0 Å². The number of thioether (sulfide) groups is 1. The van der Waals surface area contributed by atoms with Gasteiger partial charge in [0.1, 0.15) is 5.75 Å². The summed E-state index contributed by atoms with van der Waals surface area (Å²) in [5.41, 5.74) is 0. The van der Waals surface area contributed by atoms with E-state index >= 15 is 0 Å². The maximum Gasteiger partial charge on any atom is 0.434 e. The summed E-state index contributed by atoms with van der Waals surface area (Å²) in [5, 5.41) is 5.94. The van der Waals surface area contributed by atoms with Gasteiger partial charge in [-0.05, 0) is 50.1 Å². The zero-order valence-electron chi connectivity index (χ0n) is 9.69. The van der Waals surface area contributed by atoms with Crippen LogP contribution in [-0.4, -0.2) is 22.6 Å². The fourth-order valence-electron chi connectivity index (χ4n) is 1.27. The Hall–Kier alpha value is -0.730. The highest BCUT2D eigenvalue weighted by molar-refractivity contribution is 9.13. The van der Waals surface area contributed by atoms with Crippen molar-refractivity contribution in [2.45, 2.75) is 5.75 Å². The third-order valence-electron chi connectivity index (χ3n) is 2.10. The van der Waals surface area contributed by atoms with Gasteiger partial charge in [-0.2, -0.15) is 0 Å². The van der Waals surface area contributed by atoms with Crippen molar-refractivity contribution >= 4 is 43.6 Å². The van der Waals surface area contributed by atoms with E-state index in [9.17, 15) is 4.79 Å². The molecule has 0 atom stereocenters. The fraction of sp³-hybridized carbons (Fsp3) is 0.273. The molecule has 0 spiro atoms. The Morgan fingerprint density at radius 2 is 2.21 bits per heavy atom. The number of hydrogen-bond acceptors (Lipinski definition) is 5. The van der Waals surface area contributed by atoms with Gasteiger partial charge in [0.05, 0.1) is 12.4 Å². The summed E-state index contributed by atoms with van der Waals surface area (Å²) in [7, 11) is 0. The monoisotopic (exact) mass is 408 g/mol. The molecule has 1 N–H and O–H groups in total. The minimum atomic E-state index is -0.522. The van der Waals surface area contributed by atoms with Gasteiger partial charge in [0, 0.05) is 14.7 Å². The maximum absolute atomic E-state index is 10.7. The average molecular weight is 410 g/mol. The van der Waals surface area contributed by atoms with Crippen molar-refractivity contribution < 1.29 is 9.15 Å². The zero-order chi connectivity index (χ0) is 13.7. The van der Waals surface area contributed by atoms with Gasteiger partial charge in [-0.3, -0.25) is 0 Å². The molecule has 0 saturated carbocycles. The predicted molar refractivity (Wildman–Crippen MR) is 80.6 cm³/mol. The molecule has 2 rings (SSSR count). The van der Waals surface area contributed by atoms with Crippen LogP contribution in [0.4, 0.5) is 0 Å². The molecule has 0 aliphatic rings. The molecule has 19 heavy (non-hydrogen) atoms. The molecule has 8 heteroatoms. The molecule has 0 aliphatic carbocycles. The number of benzene rings is 1. The van der Waals surface area contributed by atoms with Crippen molar-refractivity contribution in [2.75, 3.05) is 12.4 Å². The maximum atomic E-state index is 10.7. The second-order valence-electron chi connectivity index (χ2n) is 3.48. The number of aromatic amines is 1. The first-order chi connectivity index (χ1) is 9.15. The fourth-order valence-corrected chi connectivity index (χ4v) is 2.51. The van der Waals surface area contributed by atoms with Crippen molar-refractivity contribution in [2.24, 2.45) is 0 Å². The Labute approximate surface area is 130 Å². The molecule has 2 aromatic rings. The van der Waals surface area contributed by atoms with E-state index in [4.69, 9.17) is 9.15 Å². The molecule has 0 bridgehead atoms. The number of nitrogens with one attached hydrogen (secondary N) is 1. The Kier molecular flexibility index (Phi) is 5.53. The smallest absolute Gasteiger partial charge is 0.434 e. The van der Waals surface area contributed by atoms with E-state index in [1.807, 2.05) is 18.2 Å². The quantitative estimate of drug-likeness (QED) is 0.742. The number of ether oxygens (including phenoxy) is 1. The summed E-state index contributed by atoms with van der Waals surface area (Å²) < 4.78 is 12.3. The van der Waals surface area contributed by atoms with Crippen LogP contribution in [0.3, 0.4) is 0 Å². The molecule has 0 amide bonds. The molecular weight excluding hydrogens is 400 g/mol. The molecule has 0 fully saturated rings. The van der Waals surface area contributed by atoms with E-state index in [2.05, 4.69) is 42.1 Å². The van der Waals surface area contributed by atoms with Crippen LogP contribution in [0.1, 0.15) is 5.89 Å². The zero-order valence-corrected chi connectivity index (χ0v) is 13.7. The lowest BCUT2D eigenvalue weighted by Crippen LogP contribution is -2.00. The van der Waals surface area contributed by atoms with E-state index in [0.29, 0.717) is 18.3 Å². The van der Waals surface area contributed by atoms with E-state index in [0.717, 1.165) is 20.4 Å². The highest BCUT2D eigenvalue weighted by atomic mass is 79.9. The highest BCUT2D eigenvalue weighted by Gasteiger charge is 2.02. The van der Waals surface area contributed by atoms with Crippen molar-refractivity contribution in [1.82, 2.24) is 10.2 Å². The second-order valence-corrected chi connectivity index (χ2v) is 6.30. The topological polar surface area (TPSA) is 68.1 Å². The van der Waals surface area contributed by atoms with Gasteiger partial charge < -0.3 is 9.15 Å². The number of hydrogen-bond donors (Lipinski definition) is 1. The van der Waals surface area contributed by atoms with Crippen LogP contribution in [0, 0.1) is 0 Å². The summed E-state index contributed by atoms with van der Waals surface area (Å²) in [6.45, 7) is 0.577. The highest BCUT2D eigenvalue weighted by Crippen LogP contribution is 2.27. The summed E-state index contributed by atoms with van der Waals surface area (Å²) >= 11 is 8.40. The second kappa shape index (κ2) is 7.16. The van der Waals surface area contributed by atoms with Crippen molar-refractivity contribution in [3.8, 4) is 5.75 Å². The molecular formula is C11H10Br2N2O3S. The van der Waals surface area contributed by atoms with Crippen molar-refractivity contribution in [3.05, 3.63) is 43.6 Å². The molecule has 0 radical (unpaired) electrons. The van der Waals surface area contributed by atoms with Crippen LogP contribution in [0.25, 0.3) is 0 Å². The van der Waals surface area contributed by atoms with E-state index in [1.54, 1.807) is 11.8 Å². The number of halogens is 2. The number of H-pyrrole nitrogens is 1. The predicted octanol–water partition coefficient (Wildman–Crippen LogP) is 3.20. The van der Waals surface area contributed by atoms with Crippen LogP contribution in [0.15, 0.2) is 36.4 Å². The third-order valence-corrected chi connectivity index (χ3v) is 4.88. The SMILES string of the molecule is O=c1[nH]nc(CSCCOc2ccc(Br)c(Br)c2)o1. The van der Waals surface area contributed by atoms with Crippen LogP contribution in [0.5, 0.6) is 5.75 Å². The molecule has 1 heterocycles. The van der Waals surface area contributed by atoms with Crippen LogP contribution in [-0.2, 0) is 5.75 Å². The Morgan fingerprint density at radius 1 is 1.37 bits per heavy atom. The molecule has 1 aromatic heterocycles. The summed E-state index contributed by atoms with van der Waals surface area (Å²) in [6.07, 6.45) is 0. The van der Waals surface area contributed by atoms with Gasteiger partial charge in [-0.1, -0.05) is 0 Å². The third kappa shape index (κ3) is 4.70. The van der Waals surface area contributed by atoms with Gasteiger partial charge in [0.15, 0.2) is 0 Å². The number of aromatic nitrogens is 2. The lowest BCUT2D eigenvalue weighted by Gasteiger charge is -2.06. The van der Waals surface area contributed by atoms with Gasteiger partial charge in [-0.25, -0.2) is 9.89 Å². The summed E-state index contributed by atoms with van der Waals surface area (Å²) in [5.74, 6) is 2.02.